The molecule has 1 fully saturated rings. The van der Waals surface area contributed by atoms with Gasteiger partial charge in [-0.05, 0) is 41.1 Å². The fraction of sp³-hybridized carbons (Fsp3) is 0.250. The van der Waals surface area contributed by atoms with E-state index in [4.69, 9.17) is 5.11 Å². The minimum atomic E-state index is -1.04. The lowest BCUT2D eigenvalue weighted by atomic mass is 10.1. The van der Waals surface area contributed by atoms with E-state index in [9.17, 15) is 14.4 Å². The van der Waals surface area contributed by atoms with Gasteiger partial charge in [0.2, 0.25) is 11.8 Å². The van der Waals surface area contributed by atoms with Crippen LogP contribution < -0.4 is 10.2 Å². The predicted octanol–water partition coefficient (Wildman–Crippen LogP) is 0.999. The maximum Gasteiger partial charge on any atom is 0.336 e. The number of halogens is 1. The van der Waals surface area contributed by atoms with Crippen molar-refractivity contribution in [2.75, 3.05) is 11.4 Å². The van der Waals surface area contributed by atoms with E-state index in [1.165, 1.54) is 6.07 Å². The van der Waals surface area contributed by atoms with E-state index in [2.05, 4.69) is 21.2 Å². The quantitative estimate of drug-likeness (QED) is 0.792. The zero-order valence-corrected chi connectivity index (χ0v) is 11.6. The summed E-state index contributed by atoms with van der Waals surface area (Å²) in [6.07, 6.45) is 0. The Morgan fingerprint density at radius 2 is 2.16 bits per heavy atom. The van der Waals surface area contributed by atoms with Gasteiger partial charge < -0.3 is 10.0 Å². The topological polar surface area (TPSA) is 86.7 Å². The van der Waals surface area contributed by atoms with Crippen LogP contribution in [0.5, 0.6) is 0 Å². The molecule has 1 aliphatic rings. The van der Waals surface area contributed by atoms with Crippen molar-refractivity contribution in [1.82, 2.24) is 5.32 Å². The van der Waals surface area contributed by atoms with Crippen LogP contribution in [0.25, 0.3) is 0 Å². The third-order valence-electron chi connectivity index (χ3n) is 2.94. The maximum absolute atomic E-state index is 11.6. The van der Waals surface area contributed by atoms with Gasteiger partial charge in [0.15, 0.2) is 0 Å². The van der Waals surface area contributed by atoms with Gasteiger partial charge in [-0.2, -0.15) is 0 Å². The number of carboxylic acid groups (broad SMARTS) is 1. The molecule has 1 saturated heterocycles. The molecule has 1 aromatic carbocycles. The maximum atomic E-state index is 11.6. The van der Waals surface area contributed by atoms with Gasteiger partial charge >= 0.3 is 5.97 Å². The number of hydrogen-bond acceptors (Lipinski definition) is 4. The third kappa shape index (κ3) is 2.60. The summed E-state index contributed by atoms with van der Waals surface area (Å²) in [5.74, 6) is -1.78. The van der Waals surface area contributed by atoms with E-state index in [0.29, 0.717) is 10.2 Å². The van der Waals surface area contributed by atoms with Gasteiger partial charge in [-0.25, -0.2) is 4.79 Å². The van der Waals surface area contributed by atoms with Gasteiger partial charge in [-0.15, -0.1) is 0 Å². The van der Waals surface area contributed by atoms with Crippen LogP contribution in [0.1, 0.15) is 17.3 Å². The standard InChI is InChI=1S/C12H11BrN2O4/c1-6-11(17)14-10(16)5-15(6)7-2-3-8(12(18)19)9(13)4-7/h2-4,6H,5H2,1H3,(H,18,19)(H,14,16,17). The monoisotopic (exact) mass is 326 g/mol. The molecule has 6 nitrogen and oxygen atoms in total. The number of hydrogen-bond donors (Lipinski definition) is 2. The Balaban J connectivity index is 2.36. The van der Waals surface area contributed by atoms with E-state index in [-0.39, 0.29) is 23.9 Å². The molecule has 1 heterocycles. The van der Waals surface area contributed by atoms with Crippen LogP contribution in [0.15, 0.2) is 22.7 Å². The second-order valence-corrected chi connectivity index (χ2v) is 5.04. The molecule has 100 valence electrons. The van der Waals surface area contributed by atoms with Gasteiger partial charge in [0, 0.05) is 10.2 Å². The van der Waals surface area contributed by atoms with Crippen molar-refractivity contribution in [2.45, 2.75) is 13.0 Å². The Morgan fingerprint density at radius 3 is 2.74 bits per heavy atom. The highest BCUT2D eigenvalue weighted by Crippen LogP contribution is 2.26. The molecule has 0 aliphatic carbocycles. The molecule has 1 atom stereocenters. The SMILES string of the molecule is CC1C(=O)NC(=O)CN1c1ccc(C(=O)O)c(Br)c1. The van der Waals surface area contributed by atoms with Crippen molar-refractivity contribution in [3.05, 3.63) is 28.2 Å². The summed E-state index contributed by atoms with van der Waals surface area (Å²) in [6, 6.07) is 4.12. The number of nitrogens with one attached hydrogen (secondary N) is 1. The number of carboxylic acids is 1. The fourth-order valence-corrected chi connectivity index (χ4v) is 2.42. The van der Waals surface area contributed by atoms with Crippen molar-refractivity contribution in [2.24, 2.45) is 0 Å². The van der Waals surface area contributed by atoms with Crippen LogP contribution in [0.2, 0.25) is 0 Å². The number of anilines is 1. The molecule has 1 aromatic rings. The fourth-order valence-electron chi connectivity index (χ4n) is 1.89. The molecule has 1 unspecified atom stereocenters. The Bertz CT molecular complexity index is 573. The first-order chi connectivity index (χ1) is 8.90. The molecular formula is C12H11BrN2O4. The highest BCUT2D eigenvalue weighted by atomic mass is 79.9. The summed E-state index contributed by atoms with van der Waals surface area (Å²) < 4.78 is 0.406. The highest BCUT2D eigenvalue weighted by molar-refractivity contribution is 9.10. The van der Waals surface area contributed by atoms with E-state index in [0.717, 1.165) is 0 Å². The lowest BCUT2D eigenvalue weighted by Gasteiger charge is -2.33. The van der Waals surface area contributed by atoms with Crippen LogP contribution in [0.3, 0.4) is 0 Å². The number of imide groups is 1. The van der Waals surface area contributed by atoms with Crippen LogP contribution in [-0.4, -0.2) is 35.5 Å². The third-order valence-corrected chi connectivity index (χ3v) is 3.59. The Morgan fingerprint density at radius 1 is 1.47 bits per heavy atom. The van der Waals surface area contributed by atoms with E-state index in [1.807, 2.05) is 0 Å². The van der Waals surface area contributed by atoms with E-state index >= 15 is 0 Å². The van der Waals surface area contributed by atoms with Gasteiger partial charge in [0.05, 0.1) is 12.1 Å². The first kappa shape index (κ1) is 13.5. The Kier molecular flexibility index (Phi) is 3.57. The number of aromatic carboxylic acids is 1. The number of carbonyl (C=O) groups is 3. The number of piperazine rings is 1. The predicted molar refractivity (Wildman–Crippen MR) is 71.1 cm³/mol. The number of amides is 2. The lowest BCUT2D eigenvalue weighted by Crippen LogP contribution is -2.57. The molecular weight excluding hydrogens is 316 g/mol. The summed E-state index contributed by atoms with van der Waals surface area (Å²) in [5, 5.41) is 11.2. The van der Waals surface area contributed by atoms with Gasteiger partial charge in [-0.1, -0.05) is 0 Å². The van der Waals surface area contributed by atoms with E-state index < -0.39 is 12.0 Å². The van der Waals surface area contributed by atoms with Crippen molar-refractivity contribution in [1.29, 1.82) is 0 Å². The molecule has 7 heteroatoms. The van der Waals surface area contributed by atoms with E-state index in [1.54, 1.807) is 24.0 Å². The Hall–Kier alpha value is -1.89. The molecule has 19 heavy (non-hydrogen) atoms. The number of nitrogens with zero attached hydrogens (tertiary/aromatic N) is 1. The first-order valence-electron chi connectivity index (χ1n) is 5.53. The molecule has 0 aromatic heterocycles. The molecule has 2 amide bonds. The average molecular weight is 327 g/mol. The molecule has 0 radical (unpaired) electrons. The lowest BCUT2D eigenvalue weighted by molar-refractivity contribution is -0.132. The molecule has 2 N–H and O–H groups in total. The molecule has 0 spiro atoms. The van der Waals surface area contributed by atoms with Gasteiger partial charge in [-0.3, -0.25) is 14.9 Å². The number of benzene rings is 1. The van der Waals surface area contributed by atoms with Crippen molar-refractivity contribution in [3.8, 4) is 0 Å². The van der Waals surface area contributed by atoms with Crippen LogP contribution in [0.4, 0.5) is 5.69 Å². The Labute approximate surface area is 117 Å². The number of carbonyl (C=O) groups excluding carboxylic acids is 2. The first-order valence-corrected chi connectivity index (χ1v) is 6.32. The molecule has 2 rings (SSSR count). The van der Waals surface area contributed by atoms with Gasteiger partial charge in [0.25, 0.3) is 0 Å². The summed E-state index contributed by atoms with van der Waals surface area (Å²) in [5.41, 5.74) is 0.747. The van der Waals surface area contributed by atoms with Gasteiger partial charge in [0.1, 0.15) is 6.04 Å². The number of rotatable bonds is 2. The molecule has 1 aliphatic heterocycles. The average Bonchev–Trinajstić information content (AvgIpc) is 2.33. The molecule has 0 bridgehead atoms. The second kappa shape index (κ2) is 5.00. The minimum absolute atomic E-state index is 0.0613. The summed E-state index contributed by atoms with van der Waals surface area (Å²) in [6.45, 7) is 1.74. The van der Waals surface area contributed by atoms with Crippen LogP contribution in [-0.2, 0) is 9.59 Å². The smallest absolute Gasteiger partial charge is 0.336 e. The zero-order valence-electron chi connectivity index (χ0n) is 10.0. The summed E-state index contributed by atoms with van der Waals surface area (Å²) in [4.78, 5) is 35.5. The zero-order chi connectivity index (χ0) is 14.2. The van der Waals surface area contributed by atoms with Crippen molar-refractivity contribution >= 4 is 39.4 Å². The second-order valence-electron chi connectivity index (χ2n) is 4.19. The summed E-state index contributed by atoms with van der Waals surface area (Å²) in [7, 11) is 0. The highest BCUT2D eigenvalue weighted by Gasteiger charge is 2.30. The van der Waals surface area contributed by atoms with Crippen LogP contribution >= 0.6 is 15.9 Å². The van der Waals surface area contributed by atoms with Crippen LogP contribution in [0, 0.1) is 0 Å². The van der Waals surface area contributed by atoms with Crippen molar-refractivity contribution in [3.63, 3.8) is 0 Å². The minimum Gasteiger partial charge on any atom is -0.478 e. The summed E-state index contributed by atoms with van der Waals surface area (Å²) >= 11 is 3.17. The van der Waals surface area contributed by atoms with Crippen molar-refractivity contribution < 1.29 is 19.5 Å². The normalized spacial score (nSPS) is 19.3. The molecule has 0 saturated carbocycles. The largest absolute Gasteiger partial charge is 0.478 e.